The molecule has 17 nitrogen and oxygen atoms in total. The number of nitrogens with one attached hydrogen (secondary N) is 2. The van der Waals surface area contributed by atoms with Gasteiger partial charge in [0, 0.05) is 43.9 Å². The van der Waals surface area contributed by atoms with E-state index in [1.165, 1.54) is 0 Å². The topological polar surface area (TPSA) is 196 Å². The summed E-state index contributed by atoms with van der Waals surface area (Å²) in [6.45, 7) is 20.8. The standard InChI is InChI=1S/C87H93N9O8/c1-9-17-40-97-72-56-36-29-30-37-57(56)73(98-41-18-10-2)64-63(72)80-89-81(64)91-83-67-68(78(103-46-23-15-7)62-51-55-35-28-27-34-54(55)50-61(62)77(67)102-45-22-14-6)85(93-83)95-87-70-69(74(99-42-19-11-3)58-38-31-39-88-71(58)79(70)104-47-24-16-8)86(96-87)94-84-66-65(82(90-80)92-84)75(100-43-20-12-4)59-48-52-32-25-26-33-53(52)49-60(59)76(66)101-44-21-13-5/h25-39,48-51H,9-24,40-47H2,1-8H3,(H2,89,90,91,92,93,94,95,96). The number of rotatable bonds is 32. The van der Waals surface area contributed by atoms with Crippen LogP contribution in [-0.4, -0.2) is 97.7 Å². The predicted octanol–water partition coefficient (Wildman–Crippen LogP) is 22.6. The molecule has 0 atom stereocenters. The van der Waals surface area contributed by atoms with Crippen molar-refractivity contribution in [3.8, 4) is 91.5 Å². The van der Waals surface area contributed by atoms with E-state index in [0.29, 0.717) is 194 Å². The van der Waals surface area contributed by atoms with Crippen LogP contribution >= 0.6 is 0 Å². The number of fused-ring (bicyclic) bond motifs is 26. The minimum atomic E-state index is 0.323. The van der Waals surface area contributed by atoms with Crippen molar-refractivity contribution < 1.29 is 37.9 Å². The molecule has 15 rings (SSSR count). The second kappa shape index (κ2) is 31.2. The molecule has 9 aromatic carbocycles. The highest BCUT2D eigenvalue weighted by Gasteiger charge is 2.37. The van der Waals surface area contributed by atoms with E-state index in [9.17, 15) is 0 Å². The first-order valence-electron chi connectivity index (χ1n) is 38.3. The number of hydrogen-bond acceptors (Lipinski definition) is 15. The van der Waals surface area contributed by atoms with Gasteiger partial charge in [-0.25, -0.2) is 29.9 Å². The van der Waals surface area contributed by atoms with Gasteiger partial charge in [0.1, 0.15) is 68.4 Å². The number of nitrogens with zero attached hydrogens (tertiary/aromatic N) is 7. The number of ether oxygens (including phenoxy) is 8. The molecule has 0 amide bonds. The molecule has 0 saturated heterocycles. The third-order valence-electron chi connectivity index (χ3n) is 19.8. The van der Waals surface area contributed by atoms with Gasteiger partial charge in [-0.3, -0.25) is 4.98 Å². The smallest absolute Gasteiger partial charge is 0.168 e. The number of unbranched alkanes of at least 4 members (excludes halogenated alkanes) is 8. The molecule has 534 valence electrons. The summed E-state index contributed by atoms with van der Waals surface area (Å²) in [6, 6.07) is 38.1. The van der Waals surface area contributed by atoms with E-state index in [0.717, 1.165) is 162 Å². The van der Waals surface area contributed by atoms with Crippen LogP contribution in [0, 0.1) is 0 Å². The summed E-state index contributed by atoms with van der Waals surface area (Å²) in [7, 11) is 0. The van der Waals surface area contributed by atoms with Crippen molar-refractivity contribution in [2.75, 3.05) is 52.9 Å². The molecule has 0 spiro atoms. The van der Waals surface area contributed by atoms with E-state index in [4.69, 9.17) is 72.8 Å². The Labute approximate surface area is 606 Å². The molecule has 2 N–H and O–H groups in total. The Morgan fingerprint density at radius 3 is 0.808 bits per heavy atom. The van der Waals surface area contributed by atoms with Gasteiger partial charge in [0.25, 0.3) is 0 Å². The van der Waals surface area contributed by atoms with Crippen LogP contribution in [0.4, 0.5) is 0 Å². The first kappa shape index (κ1) is 69.2. The molecule has 4 aromatic heterocycles. The van der Waals surface area contributed by atoms with Gasteiger partial charge in [-0.05, 0) is 109 Å². The van der Waals surface area contributed by atoms with E-state index in [-0.39, 0.29) is 0 Å². The molecule has 104 heavy (non-hydrogen) atoms. The second-order valence-corrected chi connectivity index (χ2v) is 27.3. The summed E-state index contributed by atoms with van der Waals surface area (Å²) >= 11 is 0. The van der Waals surface area contributed by atoms with E-state index in [2.05, 4.69) is 168 Å². The fourth-order valence-corrected chi connectivity index (χ4v) is 14.3. The lowest BCUT2D eigenvalue weighted by molar-refractivity contribution is 0.308. The lowest BCUT2D eigenvalue weighted by Crippen LogP contribution is -2.04. The van der Waals surface area contributed by atoms with Gasteiger partial charge in [0.2, 0.25) is 0 Å². The lowest BCUT2D eigenvalue weighted by Gasteiger charge is -2.19. The molecule has 0 fully saturated rings. The summed E-state index contributed by atoms with van der Waals surface area (Å²) < 4.78 is 58.0. The van der Waals surface area contributed by atoms with Crippen molar-refractivity contribution in [1.29, 1.82) is 0 Å². The largest absolute Gasteiger partial charge is 0.492 e. The lowest BCUT2D eigenvalue weighted by atomic mass is 9.95. The van der Waals surface area contributed by atoms with Crippen LogP contribution < -0.4 is 37.9 Å². The number of benzene rings is 9. The zero-order valence-corrected chi connectivity index (χ0v) is 61.3. The molecule has 0 radical (unpaired) electrons. The molecular weight excluding hydrogens is 1300 g/mol. The molecule has 8 bridgehead atoms. The Balaban J connectivity index is 1.22. The van der Waals surface area contributed by atoms with Gasteiger partial charge in [-0.2, -0.15) is 0 Å². The van der Waals surface area contributed by atoms with Crippen molar-refractivity contribution in [3.05, 3.63) is 115 Å². The van der Waals surface area contributed by atoms with Gasteiger partial charge in [-0.1, -0.05) is 180 Å². The highest BCUT2D eigenvalue weighted by Crippen LogP contribution is 2.57. The molecule has 17 heteroatoms. The Kier molecular flexibility index (Phi) is 20.7. The van der Waals surface area contributed by atoms with Crippen LogP contribution in [0.1, 0.15) is 158 Å². The number of aromatic amines is 2. The molecular formula is C87H93N9O8. The molecule has 0 saturated carbocycles. The van der Waals surface area contributed by atoms with Crippen LogP contribution in [-0.2, 0) is 0 Å². The van der Waals surface area contributed by atoms with Crippen molar-refractivity contribution in [2.24, 2.45) is 0 Å². The highest BCUT2D eigenvalue weighted by molar-refractivity contribution is 6.23. The summed E-state index contributed by atoms with van der Waals surface area (Å²) in [5.41, 5.74) is 4.77. The van der Waals surface area contributed by atoms with Crippen molar-refractivity contribution in [1.82, 2.24) is 44.9 Å². The number of pyridine rings is 1. The highest BCUT2D eigenvalue weighted by atomic mass is 16.5. The maximum Gasteiger partial charge on any atom is 0.168 e. The van der Waals surface area contributed by atoms with Gasteiger partial charge in [0.15, 0.2) is 29.0 Å². The average molecular weight is 1390 g/mol. The van der Waals surface area contributed by atoms with Crippen LogP contribution in [0.2, 0.25) is 0 Å². The van der Waals surface area contributed by atoms with Crippen LogP contribution in [0.5, 0.6) is 46.0 Å². The third-order valence-corrected chi connectivity index (χ3v) is 19.8. The van der Waals surface area contributed by atoms with Crippen LogP contribution in [0.3, 0.4) is 0 Å². The third kappa shape index (κ3) is 12.8. The van der Waals surface area contributed by atoms with E-state index >= 15 is 0 Å². The minimum Gasteiger partial charge on any atom is -0.492 e. The number of aromatic nitrogens is 9. The molecule has 2 aliphatic rings. The normalized spacial score (nSPS) is 12.0. The van der Waals surface area contributed by atoms with Gasteiger partial charge < -0.3 is 47.9 Å². The average Bonchev–Trinajstić information content (AvgIpc) is 1.51. The summed E-state index contributed by atoms with van der Waals surface area (Å²) in [4.78, 5) is 48.2. The van der Waals surface area contributed by atoms with E-state index < -0.39 is 0 Å². The van der Waals surface area contributed by atoms with E-state index in [1.807, 2.05) is 6.07 Å². The Morgan fingerprint density at radius 2 is 0.510 bits per heavy atom. The number of H-pyrrole nitrogens is 2. The quantitative estimate of drug-likeness (QED) is 0.0298. The summed E-state index contributed by atoms with van der Waals surface area (Å²) in [5, 5.41) is 12.7. The Bertz CT molecular complexity index is 4900. The zero-order chi connectivity index (χ0) is 71.2. The SMILES string of the molecule is CCCCOc1c2c(c(OCCCC)c3cc4ccccc4cc13)-c1nc-2nc2[nH]c(nc3nc(nc4[nH]c(n1)c1c(OCCCC)c5cccnc5c(OCCCC)c41)-c1c-3c(OCCCC)c3cc4ccccc4cc3c1OCCCC)c1c(OCCCC)c3ccccc3c(OCCCC)c21. The first-order chi connectivity index (χ1) is 51.3. The minimum absolute atomic E-state index is 0.323. The van der Waals surface area contributed by atoms with Crippen molar-refractivity contribution in [3.63, 3.8) is 0 Å². The Morgan fingerprint density at radius 1 is 0.260 bits per heavy atom. The predicted molar refractivity (Wildman–Crippen MR) is 422 cm³/mol. The van der Waals surface area contributed by atoms with Crippen molar-refractivity contribution in [2.45, 2.75) is 158 Å². The fourth-order valence-electron chi connectivity index (χ4n) is 14.3. The molecule has 0 aliphatic carbocycles. The monoisotopic (exact) mass is 1390 g/mol. The second-order valence-electron chi connectivity index (χ2n) is 27.3. The summed E-state index contributed by atoms with van der Waals surface area (Å²) in [5.74, 6) is 6.12. The molecule has 6 heterocycles. The zero-order valence-electron chi connectivity index (χ0n) is 61.3. The molecule has 2 aliphatic heterocycles. The van der Waals surface area contributed by atoms with Crippen LogP contribution in [0.25, 0.3) is 154 Å². The maximum atomic E-state index is 7.31. The molecule has 0 unspecified atom stereocenters. The van der Waals surface area contributed by atoms with Gasteiger partial charge in [0.05, 0.1) is 96.7 Å². The van der Waals surface area contributed by atoms with Crippen molar-refractivity contribution >= 4 is 109 Å². The van der Waals surface area contributed by atoms with Gasteiger partial charge >= 0.3 is 0 Å². The van der Waals surface area contributed by atoms with Gasteiger partial charge in [-0.15, -0.1) is 0 Å². The van der Waals surface area contributed by atoms with Crippen LogP contribution in [0.15, 0.2) is 115 Å². The molecule has 13 aromatic rings. The Hall–Kier alpha value is -10.6. The summed E-state index contributed by atoms with van der Waals surface area (Å²) in [6.07, 6.45) is 15.4. The fraction of sp³-hybridized carbons (Fsp3) is 0.368. The maximum absolute atomic E-state index is 7.31. The first-order valence-corrected chi connectivity index (χ1v) is 38.3. The number of hydrogen-bond donors (Lipinski definition) is 2. The van der Waals surface area contributed by atoms with E-state index in [1.54, 1.807) is 6.20 Å².